The number of aromatic nitrogens is 2. The summed E-state index contributed by atoms with van der Waals surface area (Å²) in [7, 11) is 0. The lowest BCUT2D eigenvalue weighted by molar-refractivity contribution is 0.0911. The van der Waals surface area contributed by atoms with Crippen molar-refractivity contribution in [2.75, 3.05) is 0 Å². The van der Waals surface area contributed by atoms with Crippen molar-refractivity contribution in [3.63, 3.8) is 0 Å². The number of hydrogen-bond acceptors (Lipinski definition) is 3. The van der Waals surface area contributed by atoms with Crippen molar-refractivity contribution in [2.24, 2.45) is 11.8 Å². The van der Waals surface area contributed by atoms with Gasteiger partial charge in [0.25, 0.3) is 5.91 Å². The van der Waals surface area contributed by atoms with Gasteiger partial charge in [0.1, 0.15) is 0 Å². The van der Waals surface area contributed by atoms with Gasteiger partial charge in [-0.1, -0.05) is 37.0 Å². The van der Waals surface area contributed by atoms with Crippen molar-refractivity contribution in [2.45, 2.75) is 39.2 Å². The Morgan fingerprint density at radius 1 is 1.21 bits per heavy atom. The molecule has 1 heterocycles. The Labute approximate surface area is 122 Å². The summed E-state index contributed by atoms with van der Waals surface area (Å²) < 4.78 is 0. The molecule has 0 aromatic carbocycles. The molecule has 19 heavy (non-hydrogen) atoms. The predicted octanol–water partition coefficient (Wildman–Crippen LogP) is 3.34. The van der Waals surface area contributed by atoms with Gasteiger partial charge in [-0.25, -0.2) is 0 Å². The number of amides is 1. The van der Waals surface area contributed by atoms with Gasteiger partial charge in [0, 0.05) is 6.04 Å². The van der Waals surface area contributed by atoms with Crippen LogP contribution in [0.1, 0.15) is 43.5 Å². The second kappa shape index (κ2) is 6.06. The lowest BCUT2D eigenvalue weighted by atomic mass is 9.80. The molecule has 4 nitrogen and oxygen atoms in total. The number of carbonyl (C=O) groups excluding carboxylic acids is 1. The number of hydrogen-bond donors (Lipinski definition) is 1. The third-order valence-electron chi connectivity index (χ3n) is 3.48. The van der Waals surface area contributed by atoms with Crippen LogP contribution in [0.4, 0.5) is 0 Å². The maximum atomic E-state index is 12.2. The number of nitrogens with one attached hydrogen (secondary N) is 1. The molecule has 2 rings (SSSR count). The van der Waals surface area contributed by atoms with Gasteiger partial charge in [-0.05, 0) is 37.2 Å². The second-order valence-electron chi connectivity index (χ2n) is 5.46. The molecule has 104 valence electrons. The monoisotopic (exact) mass is 301 g/mol. The van der Waals surface area contributed by atoms with Gasteiger partial charge in [0.2, 0.25) is 0 Å². The minimum Gasteiger partial charge on any atom is -0.349 e. The summed E-state index contributed by atoms with van der Waals surface area (Å²) in [4.78, 5) is 12.2. The Hall–Kier alpha value is -0.870. The zero-order chi connectivity index (χ0) is 14.0. The summed E-state index contributed by atoms with van der Waals surface area (Å²) in [5, 5.41) is 10.5. The average molecular weight is 302 g/mol. The first-order chi connectivity index (χ1) is 8.95. The van der Waals surface area contributed by atoms with Gasteiger partial charge >= 0.3 is 0 Å². The summed E-state index contributed by atoms with van der Waals surface area (Å²) in [5.41, 5.74) is 0.285. The molecule has 1 fully saturated rings. The van der Waals surface area contributed by atoms with E-state index in [1.54, 1.807) is 0 Å². The molecule has 0 saturated heterocycles. The zero-order valence-electron chi connectivity index (χ0n) is 11.0. The predicted molar refractivity (Wildman–Crippen MR) is 75.5 cm³/mol. The van der Waals surface area contributed by atoms with Crippen molar-refractivity contribution in [1.29, 1.82) is 0 Å². The molecule has 2 atom stereocenters. The van der Waals surface area contributed by atoms with Gasteiger partial charge in [0.05, 0.1) is 5.56 Å². The summed E-state index contributed by atoms with van der Waals surface area (Å²) in [6.07, 6.45) is 3.22. The molecule has 0 spiro atoms. The molecule has 1 aromatic heterocycles. The lowest BCUT2D eigenvalue weighted by Gasteiger charge is -2.31. The molecule has 0 bridgehead atoms. The summed E-state index contributed by atoms with van der Waals surface area (Å²) >= 11 is 11.6. The van der Waals surface area contributed by atoms with E-state index in [2.05, 4.69) is 29.4 Å². The highest BCUT2D eigenvalue weighted by atomic mass is 35.5. The molecule has 1 aromatic rings. The smallest absolute Gasteiger partial charge is 0.254 e. The van der Waals surface area contributed by atoms with E-state index in [1.165, 1.54) is 12.5 Å². The molecular weight excluding hydrogens is 285 g/mol. The first-order valence-electron chi connectivity index (χ1n) is 6.45. The van der Waals surface area contributed by atoms with Gasteiger partial charge in [-0.2, -0.15) is 0 Å². The van der Waals surface area contributed by atoms with Crippen LogP contribution < -0.4 is 5.32 Å². The second-order valence-corrected chi connectivity index (χ2v) is 6.20. The molecule has 1 aliphatic rings. The van der Waals surface area contributed by atoms with Crippen LogP contribution in [0.3, 0.4) is 0 Å². The maximum Gasteiger partial charge on any atom is 0.254 e. The summed E-state index contributed by atoms with van der Waals surface area (Å²) in [6.45, 7) is 4.43. The lowest BCUT2D eigenvalue weighted by Crippen LogP contribution is -2.40. The van der Waals surface area contributed by atoms with Crippen LogP contribution in [0.2, 0.25) is 10.3 Å². The van der Waals surface area contributed by atoms with Crippen LogP contribution in [0.15, 0.2) is 6.07 Å². The van der Waals surface area contributed by atoms with Crippen LogP contribution in [0, 0.1) is 11.8 Å². The molecule has 6 heteroatoms. The van der Waals surface area contributed by atoms with E-state index >= 15 is 0 Å². The number of carbonyl (C=O) groups is 1. The van der Waals surface area contributed by atoms with Crippen LogP contribution in [0.25, 0.3) is 0 Å². The molecule has 0 aliphatic heterocycles. The average Bonchev–Trinajstić information content (AvgIpc) is 2.30. The van der Waals surface area contributed by atoms with E-state index in [0.717, 1.165) is 12.8 Å². The quantitative estimate of drug-likeness (QED) is 0.911. The fourth-order valence-electron chi connectivity index (χ4n) is 2.84. The van der Waals surface area contributed by atoms with E-state index in [4.69, 9.17) is 23.2 Å². The van der Waals surface area contributed by atoms with Crippen LogP contribution in [-0.4, -0.2) is 22.1 Å². The minimum absolute atomic E-state index is 0.0822. The Morgan fingerprint density at radius 3 is 2.47 bits per heavy atom. The van der Waals surface area contributed by atoms with Gasteiger partial charge in [0.15, 0.2) is 10.3 Å². The van der Waals surface area contributed by atoms with Crippen molar-refractivity contribution in [3.8, 4) is 0 Å². The fourth-order valence-corrected chi connectivity index (χ4v) is 3.17. The van der Waals surface area contributed by atoms with Crippen LogP contribution in [-0.2, 0) is 0 Å². The topological polar surface area (TPSA) is 54.9 Å². The minimum atomic E-state index is -0.229. The van der Waals surface area contributed by atoms with Gasteiger partial charge in [-0.15, -0.1) is 10.2 Å². The van der Waals surface area contributed by atoms with E-state index in [-0.39, 0.29) is 27.8 Å². The van der Waals surface area contributed by atoms with Crippen molar-refractivity contribution in [1.82, 2.24) is 15.5 Å². The van der Waals surface area contributed by atoms with E-state index < -0.39 is 0 Å². The van der Waals surface area contributed by atoms with Crippen LogP contribution in [0.5, 0.6) is 0 Å². The van der Waals surface area contributed by atoms with Gasteiger partial charge in [-0.3, -0.25) is 4.79 Å². The Balaban J connectivity index is 2.06. The summed E-state index contributed by atoms with van der Waals surface area (Å²) in [6, 6.07) is 1.64. The van der Waals surface area contributed by atoms with Gasteiger partial charge < -0.3 is 5.32 Å². The zero-order valence-corrected chi connectivity index (χ0v) is 12.5. The molecule has 0 radical (unpaired) electrons. The molecule has 1 N–H and O–H groups in total. The molecular formula is C13H17Cl2N3O. The molecule has 1 aliphatic carbocycles. The normalized spacial score (nSPS) is 27.1. The number of rotatable bonds is 2. The Bertz CT molecular complexity index is 471. The first kappa shape index (κ1) is 14.5. The number of halogens is 2. The fraction of sp³-hybridized carbons (Fsp3) is 0.615. The molecule has 2 unspecified atom stereocenters. The SMILES string of the molecule is CC1CC(C)CC(NC(=O)c2cc(Cl)nnc2Cl)C1. The van der Waals surface area contributed by atoms with Crippen molar-refractivity contribution in [3.05, 3.63) is 21.9 Å². The third kappa shape index (κ3) is 3.80. The van der Waals surface area contributed by atoms with E-state index in [1.807, 2.05) is 0 Å². The standard InChI is InChI=1S/C13H17Cl2N3O/c1-7-3-8(2)5-9(4-7)16-13(19)10-6-11(14)17-18-12(10)15/h6-9H,3-5H2,1-2H3,(H,16,19). The molecule has 1 saturated carbocycles. The van der Waals surface area contributed by atoms with E-state index in [9.17, 15) is 4.79 Å². The Morgan fingerprint density at radius 2 is 1.84 bits per heavy atom. The van der Waals surface area contributed by atoms with Crippen molar-refractivity contribution >= 4 is 29.1 Å². The number of nitrogens with zero attached hydrogens (tertiary/aromatic N) is 2. The highest BCUT2D eigenvalue weighted by Crippen LogP contribution is 2.28. The highest BCUT2D eigenvalue weighted by molar-refractivity contribution is 6.34. The first-order valence-corrected chi connectivity index (χ1v) is 7.21. The van der Waals surface area contributed by atoms with Crippen LogP contribution >= 0.6 is 23.2 Å². The maximum absolute atomic E-state index is 12.2. The third-order valence-corrected chi connectivity index (χ3v) is 3.94. The summed E-state index contributed by atoms with van der Waals surface area (Å²) in [5.74, 6) is 1.03. The molecule has 1 amide bonds. The highest BCUT2D eigenvalue weighted by Gasteiger charge is 2.26. The Kier molecular flexibility index (Phi) is 4.63. The van der Waals surface area contributed by atoms with E-state index in [0.29, 0.717) is 11.8 Å². The largest absolute Gasteiger partial charge is 0.349 e. The van der Waals surface area contributed by atoms with Crippen molar-refractivity contribution < 1.29 is 4.79 Å².